The lowest BCUT2D eigenvalue weighted by atomic mass is 10.2. The van der Waals surface area contributed by atoms with Gasteiger partial charge in [0, 0.05) is 16.7 Å². The summed E-state index contributed by atoms with van der Waals surface area (Å²) < 4.78 is 10.9. The maximum Gasteiger partial charge on any atom is 0.266 e. The molecule has 0 aliphatic heterocycles. The van der Waals surface area contributed by atoms with Gasteiger partial charge in [-0.15, -0.1) is 0 Å². The third-order valence-corrected chi connectivity index (χ3v) is 4.39. The molecule has 5 nitrogen and oxygen atoms in total. The first-order valence-electron chi connectivity index (χ1n) is 8.13. The highest BCUT2D eigenvalue weighted by atomic mass is 35.5. The molecule has 0 saturated heterocycles. The van der Waals surface area contributed by atoms with Crippen molar-refractivity contribution in [1.82, 2.24) is 0 Å². The zero-order valence-electron chi connectivity index (χ0n) is 14.7. The van der Waals surface area contributed by atoms with Crippen LogP contribution in [0.4, 0.5) is 5.69 Å². The summed E-state index contributed by atoms with van der Waals surface area (Å²) in [6.07, 6.45) is 1.35. The minimum atomic E-state index is -0.578. The average molecular weight is 413 g/mol. The summed E-state index contributed by atoms with van der Waals surface area (Å²) in [5.41, 5.74) is 0.955. The lowest BCUT2D eigenvalue weighted by molar-refractivity contribution is -0.112. The summed E-state index contributed by atoms with van der Waals surface area (Å²) in [4.78, 5) is 12.5. The van der Waals surface area contributed by atoms with Gasteiger partial charge in [0.25, 0.3) is 5.91 Å². The van der Waals surface area contributed by atoms with Crippen molar-refractivity contribution in [2.24, 2.45) is 0 Å². The molecule has 0 bridgehead atoms. The van der Waals surface area contributed by atoms with E-state index in [4.69, 9.17) is 32.4 Å². The third kappa shape index (κ3) is 4.37. The number of methoxy groups -OCH3 is 1. The van der Waals surface area contributed by atoms with Gasteiger partial charge in [0.15, 0.2) is 0 Å². The van der Waals surface area contributed by atoms with Crippen LogP contribution in [0.5, 0.6) is 5.75 Å². The first-order chi connectivity index (χ1) is 13.5. The number of carbonyl (C=O) groups excluding carboxylic acids is 1. The highest BCUT2D eigenvalue weighted by Gasteiger charge is 2.14. The quantitative estimate of drug-likeness (QED) is 0.423. The number of para-hydroxylation sites is 2. The van der Waals surface area contributed by atoms with Crippen molar-refractivity contribution in [3.05, 3.63) is 76.0 Å². The van der Waals surface area contributed by atoms with Crippen molar-refractivity contribution >= 4 is 40.9 Å². The maximum atomic E-state index is 12.5. The number of nitriles is 1. The van der Waals surface area contributed by atoms with E-state index >= 15 is 0 Å². The number of halogens is 2. The van der Waals surface area contributed by atoms with Crippen molar-refractivity contribution in [2.45, 2.75) is 0 Å². The fourth-order valence-electron chi connectivity index (χ4n) is 2.49. The van der Waals surface area contributed by atoms with Gasteiger partial charge in [0.1, 0.15) is 28.9 Å². The standard InChI is InChI=1S/C21H14Cl2N2O3/c1-27-20-5-3-2-4-18(20)25-21(26)13(12-24)10-15-7-9-19(28-15)16-11-14(22)6-8-17(16)23/h2-11H,1H3,(H,25,26)/b13-10+. The molecular weight excluding hydrogens is 399 g/mol. The Kier molecular flexibility index (Phi) is 6.05. The van der Waals surface area contributed by atoms with E-state index in [1.807, 2.05) is 6.07 Å². The molecule has 0 saturated carbocycles. The van der Waals surface area contributed by atoms with Gasteiger partial charge in [-0.05, 0) is 42.5 Å². The topological polar surface area (TPSA) is 75.3 Å². The number of nitrogens with one attached hydrogen (secondary N) is 1. The van der Waals surface area contributed by atoms with Crippen LogP contribution in [0.15, 0.2) is 64.6 Å². The van der Waals surface area contributed by atoms with Crippen molar-refractivity contribution in [3.63, 3.8) is 0 Å². The van der Waals surface area contributed by atoms with Crippen LogP contribution in [0.2, 0.25) is 10.0 Å². The average Bonchev–Trinajstić information content (AvgIpc) is 3.16. The van der Waals surface area contributed by atoms with E-state index in [-0.39, 0.29) is 5.57 Å². The molecule has 2 aromatic carbocycles. The maximum absolute atomic E-state index is 12.5. The number of amides is 1. The van der Waals surface area contributed by atoms with Gasteiger partial charge in [-0.3, -0.25) is 4.79 Å². The summed E-state index contributed by atoms with van der Waals surface area (Å²) in [6.45, 7) is 0. The fraction of sp³-hybridized carbons (Fsp3) is 0.0476. The van der Waals surface area contributed by atoms with E-state index in [2.05, 4.69) is 5.32 Å². The van der Waals surface area contributed by atoms with Gasteiger partial charge in [-0.2, -0.15) is 5.26 Å². The van der Waals surface area contributed by atoms with Crippen LogP contribution >= 0.6 is 23.2 Å². The summed E-state index contributed by atoms with van der Waals surface area (Å²) in [5.74, 6) is 0.716. The number of carbonyl (C=O) groups is 1. The predicted octanol–water partition coefficient (Wildman–Crippen LogP) is 5.81. The summed E-state index contributed by atoms with van der Waals surface area (Å²) in [7, 11) is 1.50. The van der Waals surface area contributed by atoms with Crippen LogP contribution in [0, 0.1) is 11.3 Å². The lowest BCUT2D eigenvalue weighted by Gasteiger charge is -2.08. The first-order valence-corrected chi connectivity index (χ1v) is 8.89. The normalized spacial score (nSPS) is 11.0. The monoisotopic (exact) mass is 412 g/mol. The summed E-state index contributed by atoms with van der Waals surface area (Å²) >= 11 is 12.2. The second-order valence-electron chi connectivity index (χ2n) is 5.65. The molecule has 0 aliphatic rings. The van der Waals surface area contributed by atoms with Gasteiger partial charge in [-0.25, -0.2) is 0 Å². The van der Waals surface area contributed by atoms with Gasteiger partial charge in [-0.1, -0.05) is 35.3 Å². The molecule has 0 atom stereocenters. The van der Waals surface area contributed by atoms with E-state index < -0.39 is 5.91 Å². The lowest BCUT2D eigenvalue weighted by Crippen LogP contribution is -2.14. The SMILES string of the molecule is COc1ccccc1NC(=O)/C(C#N)=C/c1ccc(-c2cc(Cl)ccc2Cl)o1. The molecule has 0 fully saturated rings. The summed E-state index contributed by atoms with van der Waals surface area (Å²) in [5, 5.41) is 13.0. The number of ether oxygens (including phenoxy) is 1. The van der Waals surface area contributed by atoms with Gasteiger partial charge in [0.2, 0.25) is 0 Å². The van der Waals surface area contributed by atoms with Crippen LogP contribution < -0.4 is 10.1 Å². The Morgan fingerprint density at radius 3 is 2.71 bits per heavy atom. The molecular formula is C21H14Cl2N2O3. The summed E-state index contributed by atoms with van der Waals surface area (Å²) in [6, 6.07) is 17.1. The van der Waals surface area contributed by atoms with Crippen molar-refractivity contribution in [1.29, 1.82) is 5.26 Å². The van der Waals surface area contributed by atoms with Crippen LogP contribution in [-0.4, -0.2) is 13.0 Å². The molecule has 3 aromatic rings. The van der Waals surface area contributed by atoms with Crippen molar-refractivity contribution in [2.75, 3.05) is 12.4 Å². The van der Waals surface area contributed by atoms with Gasteiger partial charge < -0.3 is 14.5 Å². The Bertz CT molecular complexity index is 1100. The van der Waals surface area contributed by atoms with Crippen LogP contribution in [0.3, 0.4) is 0 Å². The molecule has 7 heteroatoms. The molecule has 0 aliphatic carbocycles. The van der Waals surface area contributed by atoms with Gasteiger partial charge >= 0.3 is 0 Å². The zero-order valence-corrected chi connectivity index (χ0v) is 16.2. The third-order valence-electron chi connectivity index (χ3n) is 3.83. The van der Waals surface area contributed by atoms with E-state index in [0.717, 1.165) is 0 Å². The smallest absolute Gasteiger partial charge is 0.266 e. The molecule has 1 amide bonds. The Morgan fingerprint density at radius 1 is 1.18 bits per heavy atom. The molecule has 140 valence electrons. The minimum Gasteiger partial charge on any atom is -0.495 e. The molecule has 3 rings (SSSR count). The second-order valence-corrected chi connectivity index (χ2v) is 6.49. The molecule has 0 unspecified atom stereocenters. The van der Waals surface area contributed by atoms with Crippen LogP contribution in [0.25, 0.3) is 17.4 Å². The van der Waals surface area contributed by atoms with Crippen LogP contribution in [0.1, 0.15) is 5.76 Å². The first kappa shape index (κ1) is 19.6. The number of rotatable bonds is 5. The predicted molar refractivity (Wildman–Crippen MR) is 109 cm³/mol. The zero-order chi connectivity index (χ0) is 20.1. The highest BCUT2D eigenvalue weighted by Crippen LogP contribution is 2.32. The van der Waals surface area contributed by atoms with Gasteiger partial charge in [0.05, 0.1) is 17.8 Å². The van der Waals surface area contributed by atoms with E-state index in [1.165, 1.54) is 13.2 Å². The Labute approximate surface area is 171 Å². The molecule has 0 spiro atoms. The minimum absolute atomic E-state index is 0.121. The molecule has 28 heavy (non-hydrogen) atoms. The second kappa shape index (κ2) is 8.66. The Morgan fingerprint density at radius 2 is 1.96 bits per heavy atom. The van der Waals surface area contributed by atoms with Crippen LogP contribution in [-0.2, 0) is 4.79 Å². The number of nitrogens with zero attached hydrogens (tertiary/aromatic N) is 1. The molecule has 1 N–H and O–H groups in total. The van der Waals surface area contributed by atoms with E-state index in [0.29, 0.717) is 38.6 Å². The molecule has 1 aromatic heterocycles. The largest absolute Gasteiger partial charge is 0.495 e. The highest BCUT2D eigenvalue weighted by molar-refractivity contribution is 6.35. The Balaban J connectivity index is 1.85. The fourth-order valence-corrected chi connectivity index (χ4v) is 2.87. The van der Waals surface area contributed by atoms with Crippen molar-refractivity contribution in [3.8, 4) is 23.1 Å². The Hall–Kier alpha value is -3.20. The number of hydrogen-bond donors (Lipinski definition) is 1. The van der Waals surface area contributed by atoms with E-state index in [1.54, 1.807) is 54.6 Å². The molecule has 1 heterocycles. The van der Waals surface area contributed by atoms with Crippen molar-refractivity contribution < 1.29 is 13.9 Å². The number of anilines is 1. The number of benzene rings is 2. The number of furan rings is 1. The number of hydrogen-bond acceptors (Lipinski definition) is 4. The molecule has 0 radical (unpaired) electrons. The van der Waals surface area contributed by atoms with E-state index in [9.17, 15) is 10.1 Å².